The molecule has 0 aliphatic carbocycles. The van der Waals surface area contributed by atoms with E-state index in [1.165, 1.54) is 0 Å². The van der Waals surface area contributed by atoms with Crippen LogP contribution >= 0.6 is 11.6 Å². The lowest BCUT2D eigenvalue weighted by atomic mass is 10.2. The highest BCUT2D eigenvalue weighted by Crippen LogP contribution is 2.24. The maximum Gasteiger partial charge on any atom is 0.208 e. The summed E-state index contributed by atoms with van der Waals surface area (Å²) in [6.07, 6.45) is 0.391. The Morgan fingerprint density at radius 2 is 1.67 bits per heavy atom. The van der Waals surface area contributed by atoms with Gasteiger partial charge in [-0.15, -0.1) is 0 Å². The normalized spacial score (nSPS) is 12.6. The van der Waals surface area contributed by atoms with Crippen molar-refractivity contribution < 1.29 is 13.2 Å². The average Bonchev–Trinajstić information content (AvgIpc) is 2.46. The predicted octanol–water partition coefficient (Wildman–Crippen LogP) is 2.70. The van der Waals surface area contributed by atoms with Crippen LogP contribution in [0.2, 0.25) is 5.02 Å². The third kappa shape index (κ3) is 4.06. The van der Waals surface area contributed by atoms with Crippen molar-refractivity contribution in [3.63, 3.8) is 0 Å². The van der Waals surface area contributed by atoms with Crippen LogP contribution in [-0.4, -0.2) is 14.8 Å². The van der Waals surface area contributed by atoms with Gasteiger partial charge in [0.25, 0.3) is 0 Å². The first kappa shape index (κ1) is 15.5. The van der Waals surface area contributed by atoms with Crippen LogP contribution in [0.4, 0.5) is 0 Å². The van der Waals surface area contributed by atoms with Gasteiger partial charge < -0.3 is 5.32 Å². The van der Waals surface area contributed by atoms with Gasteiger partial charge >= 0.3 is 0 Å². The molecule has 4 nitrogen and oxygen atoms in total. The van der Waals surface area contributed by atoms with Gasteiger partial charge in [-0.3, -0.25) is 4.79 Å². The number of carbonyl (C=O) groups excluding carboxylic acids is 1. The quantitative estimate of drug-likeness (QED) is 0.831. The van der Waals surface area contributed by atoms with Gasteiger partial charge in [0, 0.05) is 5.02 Å². The minimum absolute atomic E-state index is 0.151. The van der Waals surface area contributed by atoms with Gasteiger partial charge in [-0.25, -0.2) is 8.42 Å². The Labute approximate surface area is 128 Å². The lowest BCUT2D eigenvalue weighted by Crippen LogP contribution is -2.28. The van der Waals surface area contributed by atoms with E-state index in [-0.39, 0.29) is 5.75 Å². The Morgan fingerprint density at radius 3 is 2.24 bits per heavy atom. The van der Waals surface area contributed by atoms with Gasteiger partial charge in [0.1, 0.15) is 0 Å². The molecule has 0 aliphatic rings. The molecule has 0 heterocycles. The van der Waals surface area contributed by atoms with Crippen LogP contribution in [0.3, 0.4) is 0 Å². The van der Waals surface area contributed by atoms with Crippen LogP contribution in [0.1, 0.15) is 16.5 Å². The monoisotopic (exact) mass is 323 g/mol. The fourth-order valence-corrected chi connectivity index (χ4v) is 3.78. The second-order valence-electron chi connectivity index (χ2n) is 4.51. The molecule has 0 aliphatic heterocycles. The van der Waals surface area contributed by atoms with Crippen molar-refractivity contribution in [2.24, 2.45) is 0 Å². The van der Waals surface area contributed by atoms with Gasteiger partial charge in [-0.1, -0.05) is 54.1 Å². The summed E-state index contributed by atoms with van der Waals surface area (Å²) in [6.45, 7) is 0. The van der Waals surface area contributed by atoms with Crippen LogP contribution in [0, 0.1) is 0 Å². The van der Waals surface area contributed by atoms with E-state index >= 15 is 0 Å². The summed E-state index contributed by atoms with van der Waals surface area (Å²) in [4.78, 5) is 10.8. The molecule has 0 radical (unpaired) electrons. The topological polar surface area (TPSA) is 63.2 Å². The van der Waals surface area contributed by atoms with E-state index in [2.05, 4.69) is 5.32 Å². The molecule has 0 saturated heterocycles. The summed E-state index contributed by atoms with van der Waals surface area (Å²) in [7, 11) is -3.59. The predicted molar refractivity (Wildman–Crippen MR) is 82.5 cm³/mol. The molecule has 0 bridgehead atoms. The Morgan fingerprint density at radius 1 is 1.05 bits per heavy atom. The van der Waals surface area contributed by atoms with E-state index in [9.17, 15) is 13.2 Å². The van der Waals surface area contributed by atoms with E-state index in [0.717, 1.165) is 0 Å². The van der Waals surface area contributed by atoms with Gasteiger partial charge in [0.2, 0.25) is 6.41 Å². The Balaban J connectivity index is 2.32. The molecule has 0 saturated carbocycles. The Bertz CT molecular complexity index is 699. The molecule has 1 amide bonds. The summed E-state index contributed by atoms with van der Waals surface area (Å²) in [6, 6.07) is 15.2. The van der Waals surface area contributed by atoms with Crippen LogP contribution in [-0.2, 0) is 20.4 Å². The van der Waals surface area contributed by atoms with Gasteiger partial charge in [-0.05, 0) is 23.3 Å². The average molecular weight is 324 g/mol. The van der Waals surface area contributed by atoms with Crippen LogP contribution in [0.25, 0.3) is 0 Å². The summed E-state index contributed by atoms with van der Waals surface area (Å²) < 4.78 is 25.0. The van der Waals surface area contributed by atoms with Crippen molar-refractivity contribution in [1.82, 2.24) is 5.32 Å². The first-order chi connectivity index (χ1) is 10.0. The van der Waals surface area contributed by atoms with E-state index in [1.807, 2.05) is 6.07 Å². The maximum absolute atomic E-state index is 12.5. The minimum Gasteiger partial charge on any atom is -0.339 e. The highest BCUT2D eigenvalue weighted by molar-refractivity contribution is 7.90. The summed E-state index contributed by atoms with van der Waals surface area (Å²) >= 11 is 5.80. The number of nitrogens with one attached hydrogen (secondary N) is 1. The van der Waals surface area contributed by atoms with E-state index in [0.29, 0.717) is 22.6 Å². The van der Waals surface area contributed by atoms with Crippen molar-refractivity contribution in [1.29, 1.82) is 0 Å². The first-order valence-electron chi connectivity index (χ1n) is 6.23. The molecule has 1 N–H and O–H groups in total. The molecule has 1 atom stereocenters. The highest BCUT2D eigenvalue weighted by Gasteiger charge is 2.26. The Hall–Kier alpha value is -1.85. The van der Waals surface area contributed by atoms with Crippen LogP contribution < -0.4 is 5.32 Å². The summed E-state index contributed by atoms with van der Waals surface area (Å²) in [5.74, 6) is -0.151. The van der Waals surface area contributed by atoms with Gasteiger partial charge in [-0.2, -0.15) is 0 Å². The second-order valence-corrected chi connectivity index (χ2v) is 7.03. The third-order valence-electron chi connectivity index (χ3n) is 2.96. The smallest absolute Gasteiger partial charge is 0.208 e. The number of rotatable bonds is 6. The van der Waals surface area contributed by atoms with Crippen molar-refractivity contribution in [3.05, 3.63) is 70.7 Å². The van der Waals surface area contributed by atoms with Crippen LogP contribution in [0.15, 0.2) is 54.6 Å². The molecule has 110 valence electrons. The van der Waals surface area contributed by atoms with Crippen molar-refractivity contribution in [2.45, 2.75) is 11.1 Å². The SMILES string of the molecule is O=CNC(c1ccc(Cl)cc1)S(=O)(=O)Cc1ccccc1. The molecule has 0 aromatic heterocycles. The number of carbonyl (C=O) groups is 1. The minimum atomic E-state index is -3.59. The van der Waals surface area contributed by atoms with Gasteiger partial charge in [0.05, 0.1) is 5.75 Å². The fraction of sp³-hybridized carbons (Fsp3) is 0.133. The zero-order valence-corrected chi connectivity index (χ0v) is 12.6. The molecule has 2 aromatic rings. The molecule has 21 heavy (non-hydrogen) atoms. The number of halogens is 1. The molecule has 2 rings (SSSR count). The van der Waals surface area contributed by atoms with E-state index in [4.69, 9.17) is 11.6 Å². The standard InChI is InChI=1S/C15H14ClNO3S/c16-14-8-6-13(7-9-14)15(17-11-18)21(19,20)10-12-4-2-1-3-5-12/h1-9,11,15H,10H2,(H,17,18). The molecule has 2 aromatic carbocycles. The lowest BCUT2D eigenvalue weighted by Gasteiger charge is -2.17. The zero-order valence-electron chi connectivity index (χ0n) is 11.1. The lowest BCUT2D eigenvalue weighted by molar-refractivity contribution is -0.109. The maximum atomic E-state index is 12.5. The second kappa shape index (κ2) is 6.74. The number of sulfone groups is 1. The third-order valence-corrected chi connectivity index (χ3v) is 5.08. The van der Waals surface area contributed by atoms with E-state index < -0.39 is 15.2 Å². The van der Waals surface area contributed by atoms with Crippen LogP contribution in [0.5, 0.6) is 0 Å². The molecule has 0 fully saturated rings. The number of hydrogen-bond acceptors (Lipinski definition) is 3. The number of benzene rings is 2. The fourth-order valence-electron chi connectivity index (χ4n) is 2.00. The van der Waals surface area contributed by atoms with Crippen molar-refractivity contribution in [3.8, 4) is 0 Å². The molecule has 1 unspecified atom stereocenters. The molecular formula is C15H14ClNO3S. The molecule has 6 heteroatoms. The first-order valence-corrected chi connectivity index (χ1v) is 8.33. The number of amides is 1. The Kier molecular flexibility index (Phi) is 4.98. The largest absolute Gasteiger partial charge is 0.339 e. The summed E-state index contributed by atoms with van der Waals surface area (Å²) in [5, 5.41) is 1.78. The highest BCUT2D eigenvalue weighted by atomic mass is 35.5. The van der Waals surface area contributed by atoms with E-state index in [1.54, 1.807) is 48.5 Å². The molecule has 0 spiro atoms. The van der Waals surface area contributed by atoms with Crippen molar-refractivity contribution in [2.75, 3.05) is 0 Å². The number of hydrogen-bond donors (Lipinski definition) is 1. The zero-order chi connectivity index (χ0) is 15.3. The molecular weight excluding hydrogens is 310 g/mol. The van der Waals surface area contributed by atoms with Gasteiger partial charge in [0.15, 0.2) is 15.2 Å². The van der Waals surface area contributed by atoms with Crippen molar-refractivity contribution >= 4 is 27.8 Å². The summed E-state index contributed by atoms with van der Waals surface area (Å²) in [5.41, 5.74) is 1.14.